The fourth-order valence-electron chi connectivity index (χ4n) is 4.42. The number of β-amino-alcohol motifs (C(OH)–C–C–N with tert-alkyl or cyclic N) is 1. The lowest BCUT2D eigenvalue weighted by molar-refractivity contribution is -0.147. The van der Waals surface area contributed by atoms with Crippen molar-refractivity contribution in [2.45, 2.75) is 44.9 Å². The number of aliphatic hydroxyl groups excluding tert-OH is 1. The second-order valence-corrected chi connectivity index (χ2v) is 9.30. The number of nitrogens with zero attached hydrogens (tertiary/aromatic N) is 3. The molecule has 2 atom stereocenters. The highest BCUT2D eigenvalue weighted by Gasteiger charge is 2.42. The fraction of sp³-hybridized carbons (Fsp3) is 0.522. The van der Waals surface area contributed by atoms with Gasteiger partial charge < -0.3 is 19.6 Å². The number of likely N-dealkylation sites (N-methyl/N-ethyl adjacent to an activating group) is 1. The Kier molecular flexibility index (Phi) is 6.69. The molecular formula is C23H29N3O4S. The van der Waals surface area contributed by atoms with Gasteiger partial charge in [-0.05, 0) is 30.9 Å². The molecule has 0 unspecified atom stereocenters. The molecule has 2 aliphatic heterocycles. The van der Waals surface area contributed by atoms with Gasteiger partial charge in [0.1, 0.15) is 6.04 Å². The summed E-state index contributed by atoms with van der Waals surface area (Å²) in [7, 11) is 1.76. The van der Waals surface area contributed by atoms with Crippen molar-refractivity contribution in [3.8, 4) is 10.4 Å². The van der Waals surface area contributed by atoms with E-state index in [1.54, 1.807) is 28.2 Å². The first-order chi connectivity index (χ1) is 14.9. The van der Waals surface area contributed by atoms with Gasteiger partial charge >= 0.3 is 0 Å². The topological polar surface area (TPSA) is 83.0 Å². The number of likely N-dealkylation sites (tertiary alicyclic amines) is 1. The van der Waals surface area contributed by atoms with Gasteiger partial charge in [0.15, 0.2) is 0 Å². The highest BCUT2D eigenvalue weighted by atomic mass is 32.1. The molecule has 8 heteroatoms. The largest absolute Gasteiger partial charge is 0.391 e. The Morgan fingerprint density at radius 3 is 2.61 bits per heavy atom. The van der Waals surface area contributed by atoms with Gasteiger partial charge in [-0.15, -0.1) is 11.3 Å². The van der Waals surface area contributed by atoms with Crippen LogP contribution in [-0.4, -0.2) is 70.7 Å². The molecule has 4 rings (SSSR count). The molecule has 2 fully saturated rings. The van der Waals surface area contributed by atoms with Crippen LogP contribution in [0.3, 0.4) is 0 Å². The van der Waals surface area contributed by atoms with E-state index in [1.165, 1.54) is 0 Å². The van der Waals surface area contributed by atoms with E-state index in [4.69, 9.17) is 4.74 Å². The maximum Gasteiger partial charge on any atom is 0.245 e. The number of amides is 2. The summed E-state index contributed by atoms with van der Waals surface area (Å²) in [5.74, 6) is -0.280. The fourth-order valence-corrected chi connectivity index (χ4v) is 5.23. The van der Waals surface area contributed by atoms with E-state index in [-0.39, 0.29) is 24.3 Å². The van der Waals surface area contributed by atoms with Crippen molar-refractivity contribution >= 4 is 23.2 Å². The van der Waals surface area contributed by atoms with E-state index in [0.717, 1.165) is 21.7 Å². The van der Waals surface area contributed by atoms with Crippen LogP contribution in [0.5, 0.6) is 0 Å². The Morgan fingerprint density at radius 1 is 1.26 bits per heavy atom. The van der Waals surface area contributed by atoms with Crippen LogP contribution in [0.25, 0.3) is 10.4 Å². The van der Waals surface area contributed by atoms with E-state index >= 15 is 0 Å². The smallest absolute Gasteiger partial charge is 0.245 e. The predicted octanol–water partition coefficient (Wildman–Crippen LogP) is 2.47. The molecule has 2 saturated heterocycles. The van der Waals surface area contributed by atoms with Crippen molar-refractivity contribution in [2.24, 2.45) is 5.92 Å². The van der Waals surface area contributed by atoms with E-state index in [2.05, 4.69) is 17.1 Å². The first-order valence-corrected chi connectivity index (χ1v) is 11.6. The van der Waals surface area contributed by atoms with Gasteiger partial charge in [-0.1, -0.05) is 24.3 Å². The average molecular weight is 444 g/mol. The minimum absolute atomic E-state index is 0.0316. The molecule has 0 aliphatic carbocycles. The summed E-state index contributed by atoms with van der Waals surface area (Å²) >= 11 is 1.61. The minimum Gasteiger partial charge on any atom is -0.391 e. The first-order valence-electron chi connectivity index (χ1n) is 10.7. The molecular weight excluding hydrogens is 414 g/mol. The lowest BCUT2D eigenvalue weighted by Crippen LogP contribution is -2.48. The van der Waals surface area contributed by atoms with Crippen molar-refractivity contribution in [1.29, 1.82) is 0 Å². The summed E-state index contributed by atoms with van der Waals surface area (Å²) in [6.45, 7) is 3.82. The molecule has 0 saturated carbocycles. The number of ether oxygens (including phenoxy) is 1. The van der Waals surface area contributed by atoms with E-state index in [9.17, 15) is 14.7 Å². The van der Waals surface area contributed by atoms with Crippen LogP contribution in [0.2, 0.25) is 0 Å². The number of aliphatic hydroxyl groups is 1. The molecule has 7 nitrogen and oxygen atoms in total. The van der Waals surface area contributed by atoms with Crippen molar-refractivity contribution in [2.75, 3.05) is 26.8 Å². The van der Waals surface area contributed by atoms with Crippen LogP contribution in [0.15, 0.2) is 29.8 Å². The van der Waals surface area contributed by atoms with Crippen molar-refractivity contribution in [3.05, 3.63) is 41.0 Å². The van der Waals surface area contributed by atoms with Crippen molar-refractivity contribution in [3.63, 3.8) is 0 Å². The second-order valence-electron chi connectivity index (χ2n) is 8.44. The number of rotatable bonds is 5. The Morgan fingerprint density at radius 2 is 1.97 bits per heavy atom. The van der Waals surface area contributed by atoms with Crippen LogP contribution >= 0.6 is 11.3 Å². The van der Waals surface area contributed by atoms with E-state index in [0.29, 0.717) is 39.0 Å². The molecule has 31 heavy (non-hydrogen) atoms. The predicted molar refractivity (Wildman–Crippen MR) is 118 cm³/mol. The zero-order valence-corrected chi connectivity index (χ0v) is 18.8. The molecule has 1 N–H and O–H groups in total. The standard InChI is InChI=1S/C23H29N3O4S/c1-15-21(31-14-24-15)17-5-3-16(4-6-17)12-25(2)23(29)20-11-19(27)13-26(20)22(28)18-7-9-30-10-8-18/h3-6,14,18-20,27H,7-13H2,1-2H3/t19-,20+/m1/s1. The Labute approximate surface area is 186 Å². The molecule has 1 aromatic heterocycles. The number of carbonyl (C=O) groups is 2. The van der Waals surface area contributed by atoms with Gasteiger partial charge in [-0.25, -0.2) is 4.98 Å². The van der Waals surface area contributed by atoms with Crippen LogP contribution in [0.1, 0.15) is 30.5 Å². The maximum absolute atomic E-state index is 13.2. The summed E-state index contributed by atoms with van der Waals surface area (Å²) in [5.41, 5.74) is 4.99. The number of thiazole rings is 1. The Hall–Kier alpha value is -2.29. The molecule has 166 valence electrons. The number of aryl methyl sites for hydroxylation is 1. The third kappa shape index (κ3) is 4.81. The van der Waals surface area contributed by atoms with Gasteiger partial charge in [0.25, 0.3) is 0 Å². The lowest BCUT2D eigenvalue weighted by atomic mass is 9.98. The SMILES string of the molecule is Cc1ncsc1-c1ccc(CN(C)C(=O)[C@@H]2C[C@@H](O)CN2C(=O)C2CCOCC2)cc1. The Balaban J connectivity index is 1.41. The van der Waals surface area contributed by atoms with Gasteiger partial charge in [-0.3, -0.25) is 9.59 Å². The van der Waals surface area contributed by atoms with Crippen LogP contribution in [0, 0.1) is 12.8 Å². The van der Waals surface area contributed by atoms with Gasteiger partial charge in [0.2, 0.25) is 11.8 Å². The summed E-state index contributed by atoms with van der Waals surface area (Å²) in [6.07, 6.45) is 0.983. The minimum atomic E-state index is -0.659. The lowest BCUT2D eigenvalue weighted by Gasteiger charge is -2.31. The highest BCUT2D eigenvalue weighted by molar-refractivity contribution is 7.13. The molecule has 0 radical (unpaired) electrons. The first kappa shape index (κ1) is 21.9. The highest BCUT2D eigenvalue weighted by Crippen LogP contribution is 2.28. The molecule has 0 spiro atoms. The summed E-state index contributed by atoms with van der Waals surface area (Å²) in [5, 5.41) is 10.2. The number of carbonyl (C=O) groups excluding carboxylic acids is 2. The molecule has 0 bridgehead atoms. The normalized spacial score (nSPS) is 22.0. The monoisotopic (exact) mass is 443 g/mol. The Bertz CT molecular complexity index is 923. The third-order valence-electron chi connectivity index (χ3n) is 6.18. The summed E-state index contributed by atoms with van der Waals surface area (Å²) in [4.78, 5) is 34.9. The number of aromatic nitrogens is 1. The molecule has 2 amide bonds. The van der Waals surface area contributed by atoms with Gasteiger partial charge in [0.05, 0.1) is 22.2 Å². The molecule has 2 aromatic rings. The van der Waals surface area contributed by atoms with E-state index < -0.39 is 12.1 Å². The molecule has 3 heterocycles. The van der Waals surface area contributed by atoms with Crippen LogP contribution < -0.4 is 0 Å². The molecule has 2 aliphatic rings. The third-order valence-corrected chi connectivity index (χ3v) is 7.15. The summed E-state index contributed by atoms with van der Waals surface area (Å²) in [6, 6.07) is 7.54. The van der Waals surface area contributed by atoms with Crippen molar-refractivity contribution in [1.82, 2.24) is 14.8 Å². The number of hydrogen-bond donors (Lipinski definition) is 1. The zero-order chi connectivity index (χ0) is 22.0. The van der Waals surface area contributed by atoms with Crippen LogP contribution in [0.4, 0.5) is 0 Å². The number of benzene rings is 1. The number of hydrogen-bond acceptors (Lipinski definition) is 6. The summed E-state index contributed by atoms with van der Waals surface area (Å²) < 4.78 is 5.35. The quantitative estimate of drug-likeness (QED) is 0.768. The second kappa shape index (κ2) is 9.46. The van der Waals surface area contributed by atoms with E-state index in [1.807, 2.05) is 24.6 Å². The maximum atomic E-state index is 13.2. The molecule has 1 aromatic carbocycles. The van der Waals surface area contributed by atoms with Gasteiger partial charge in [-0.2, -0.15) is 0 Å². The van der Waals surface area contributed by atoms with Crippen LogP contribution in [-0.2, 0) is 20.9 Å². The zero-order valence-electron chi connectivity index (χ0n) is 18.0. The van der Waals surface area contributed by atoms with Crippen molar-refractivity contribution < 1.29 is 19.4 Å². The van der Waals surface area contributed by atoms with Gasteiger partial charge in [0, 0.05) is 45.7 Å². The average Bonchev–Trinajstić information content (AvgIpc) is 3.39.